The average Bonchev–Trinajstić information content (AvgIpc) is 2.89. The summed E-state index contributed by atoms with van der Waals surface area (Å²) in [5.74, 6) is -0.616. The Hall–Kier alpha value is -4.03. The molecule has 3 aromatic rings. The quantitative estimate of drug-likeness (QED) is 0.497. The lowest BCUT2D eigenvalue weighted by Gasteiger charge is -2.33. The molecular weight excluding hydrogens is 519 g/mol. The highest BCUT2D eigenvalue weighted by molar-refractivity contribution is 7.89. The molecule has 3 N–H and O–H groups in total. The fourth-order valence-electron chi connectivity index (χ4n) is 4.22. The number of carbonyl (C=O) groups excluding carboxylic acids is 1. The summed E-state index contributed by atoms with van der Waals surface area (Å²) in [4.78, 5) is 18.9. The molecule has 0 spiro atoms. The van der Waals surface area contributed by atoms with Gasteiger partial charge in [-0.2, -0.15) is 10.5 Å². The molecule has 1 aliphatic heterocycles. The highest BCUT2D eigenvalue weighted by Crippen LogP contribution is 2.36. The molecule has 12 heteroatoms. The molecule has 37 heavy (non-hydrogen) atoms. The van der Waals surface area contributed by atoms with E-state index in [2.05, 4.69) is 10.3 Å². The number of halogens is 2. The van der Waals surface area contributed by atoms with Crippen LogP contribution in [-0.4, -0.2) is 37.3 Å². The summed E-state index contributed by atoms with van der Waals surface area (Å²) in [6.45, 7) is 0.782. The van der Waals surface area contributed by atoms with Gasteiger partial charge in [0.15, 0.2) is 5.03 Å². The molecule has 9 nitrogen and oxygen atoms in total. The van der Waals surface area contributed by atoms with Crippen molar-refractivity contribution in [3.05, 3.63) is 81.8 Å². The Labute approximate surface area is 218 Å². The summed E-state index contributed by atoms with van der Waals surface area (Å²) >= 11 is 6.38. The summed E-state index contributed by atoms with van der Waals surface area (Å²) in [5.41, 5.74) is 1.39. The second-order valence-electron chi connectivity index (χ2n) is 8.44. The number of nitrogens with one attached hydrogen (secondary N) is 1. The molecule has 0 unspecified atom stereocenters. The van der Waals surface area contributed by atoms with Crippen LogP contribution < -0.4 is 10.5 Å². The molecule has 2 aromatic carbocycles. The number of primary sulfonamides is 1. The van der Waals surface area contributed by atoms with Gasteiger partial charge in [-0.1, -0.05) is 23.7 Å². The van der Waals surface area contributed by atoms with Gasteiger partial charge in [0, 0.05) is 19.3 Å². The molecule has 1 aliphatic rings. The third-order valence-electron chi connectivity index (χ3n) is 6.14. The third-order valence-corrected chi connectivity index (χ3v) is 7.47. The van der Waals surface area contributed by atoms with Crippen LogP contribution in [0.15, 0.2) is 53.7 Å². The van der Waals surface area contributed by atoms with Crippen LogP contribution in [0.3, 0.4) is 0 Å². The molecule has 1 aromatic heterocycles. The van der Waals surface area contributed by atoms with E-state index in [0.717, 1.165) is 11.8 Å². The minimum atomic E-state index is -4.34. The van der Waals surface area contributed by atoms with E-state index in [1.54, 1.807) is 17.0 Å². The molecule has 0 atom stereocenters. The Morgan fingerprint density at radius 1 is 1.14 bits per heavy atom. The highest BCUT2D eigenvalue weighted by Gasteiger charge is 2.30. The number of amides is 1. The second-order valence-corrected chi connectivity index (χ2v) is 10.3. The number of likely N-dealkylation sites (tertiary alicyclic amines) is 1. The smallest absolute Gasteiger partial charge is 0.257 e. The fraction of sp³-hybridized carbons (Fsp3) is 0.200. The van der Waals surface area contributed by atoms with Crippen LogP contribution in [0.2, 0.25) is 5.02 Å². The van der Waals surface area contributed by atoms with E-state index in [4.69, 9.17) is 16.7 Å². The van der Waals surface area contributed by atoms with Gasteiger partial charge < -0.3 is 10.2 Å². The van der Waals surface area contributed by atoms with Crippen molar-refractivity contribution in [1.82, 2.24) is 9.88 Å². The molecule has 0 saturated carbocycles. The minimum Gasteiger partial charge on any atom is -0.352 e. The standard InChI is InChI=1S/C25H20ClFN6O3S/c26-22-23(32-21-11-15(12-28)1-2-18(21)13-29)20(14-31-24(22)37(30,35)36)25(34)33-9-7-17(8-10-33)16-3-5-19(27)6-4-16/h1-6,11,14,17H,7-10H2,(H,31,32)(H2,30,35,36). The lowest BCUT2D eigenvalue weighted by molar-refractivity contribution is 0.0713. The number of hydrogen-bond donors (Lipinski definition) is 2. The minimum absolute atomic E-state index is 0.0242. The summed E-state index contributed by atoms with van der Waals surface area (Å²) in [6.07, 6.45) is 2.35. The molecule has 2 heterocycles. The van der Waals surface area contributed by atoms with Crippen molar-refractivity contribution in [2.45, 2.75) is 23.8 Å². The number of rotatable bonds is 5. The van der Waals surface area contributed by atoms with Gasteiger partial charge in [0.2, 0.25) is 0 Å². The van der Waals surface area contributed by atoms with Crippen LogP contribution in [0.4, 0.5) is 15.8 Å². The largest absolute Gasteiger partial charge is 0.352 e. The van der Waals surface area contributed by atoms with Crippen LogP contribution >= 0.6 is 11.6 Å². The molecule has 0 radical (unpaired) electrons. The number of anilines is 2. The second kappa shape index (κ2) is 10.5. The van der Waals surface area contributed by atoms with Crippen LogP contribution in [0, 0.1) is 28.5 Å². The van der Waals surface area contributed by atoms with E-state index in [9.17, 15) is 28.1 Å². The van der Waals surface area contributed by atoms with Crippen molar-refractivity contribution >= 4 is 38.9 Å². The zero-order valence-corrected chi connectivity index (χ0v) is 20.9. The number of carbonyl (C=O) groups is 1. The average molecular weight is 539 g/mol. The molecule has 4 rings (SSSR count). The van der Waals surface area contributed by atoms with Gasteiger partial charge in [0.1, 0.15) is 16.9 Å². The van der Waals surface area contributed by atoms with Gasteiger partial charge in [-0.15, -0.1) is 0 Å². The Morgan fingerprint density at radius 2 is 1.81 bits per heavy atom. The van der Waals surface area contributed by atoms with Gasteiger partial charge in [0.25, 0.3) is 15.9 Å². The Balaban J connectivity index is 1.68. The molecule has 1 saturated heterocycles. The van der Waals surface area contributed by atoms with Crippen LogP contribution in [0.1, 0.15) is 45.8 Å². The molecular formula is C25H20ClFN6O3S. The Morgan fingerprint density at radius 3 is 2.41 bits per heavy atom. The van der Waals surface area contributed by atoms with Gasteiger partial charge in [-0.3, -0.25) is 4.79 Å². The van der Waals surface area contributed by atoms with Gasteiger partial charge in [-0.25, -0.2) is 22.9 Å². The van der Waals surface area contributed by atoms with E-state index in [1.807, 2.05) is 12.1 Å². The third kappa shape index (κ3) is 5.54. The molecule has 0 bridgehead atoms. The van der Waals surface area contributed by atoms with E-state index in [1.165, 1.54) is 30.3 Å². The van der Waals surface area contributed by atoms with E-state index in [0.29, 0.717) is 25.9 Å². The topological polar surface area (TPSA) is 153 Å². The van der Waals surface area contributed by atoms with Crippen molar-refractivity contribution in [1.29, 1.82) is 10.5 Å². The number of nitriles is 2. The summed E-state index contributed by atoms with van der Waals surface area (Å²) in [5, 5.41) is 25.8. The van der Waals surface area contributed by atoms with Crippen LogP contribution in [0.5, 0.6) is 0 Å². The number of benzene rings is 2. The summed E-state index contributed by atoms with van der Waals surface area (Å²) in [7, 11) is -4.34. The normalized spacial score (nSPS) is 14.0. The fourth-order valence-corrected chi connectivity index (χ4v) is 5.29. The van der Waals surface area contributed by atoms with Crippen molar-refractivity contribution < 1.29 is 17.6 Å². The van der Waals surface area contributed by atoms with E-state index >= 15 is 0 Å². The molecule has 1 fully saturated rings. The number of piperidine rings is 1. The van der Waals surface area contributed by atoms with Crippen molar-refractivity contribution in [3.8, 4) is 12.1 Å². The van der Waals surface area contributed by atoms with Crippen molar-refractivity contribution in [2.24, 2.45) is 5.14 Å². The van der Waals surface area contributed by atoms with Crippen LogP contribution in [0.25, 0.3) is 0 Å². The van der Waals surface area contributed by atoms with Crippen LogP contribution in [-0.2, 0) is 10.0 Å². The predicted molar refractivity (Wildman–Crippen MR) is 134 cm³/mol. The first-order chi connectivity index (χ1) is 17.6. The lowest BCUT2D eigenvalue weighted by atomic mass is 9.89. The first-order valence-corrected chi connectivity index (χ1v) is 13.0. The Kier molecular flexibility index (Phi) is 7.41. The first-order valence-electron chi connectivity index (χ1n) is 11.1. The highest BCUT2D eigenvalue weighted by atomic mass is 35.5. The molecule has 0 aliphatic carbocycles. The summed E-state index contributed by atoms with van der Waals surface area (Å²) < 4.78 is 37.4. The monoisotopic (exact) mass is 538 g/mol. The summed E-state index contributed by atoms with van der Waals surface area (Å²) in [6, 6.07) is 14.5. The van der Waals surface area contributed by atoms with Crippen molar-refractivity contribution in [3.63, 3.8) is 0 Å². The SMILES string of the molecule is N#Cc1ccc(C#N)c(Nc2c(C(=O)N3CCC(c4ccc(F)cc4)CC3)cnc(S(N)(=O)=O)c2Cl)c1. The maximum atomic E-state index is 13.5. The van der Waals surface area contributed by atoms with Gasteiger partial charge in [-0.05, 0) is 54.7 Å². The Bertz CT molecular complexity index is 1560. The van der Waals surface area contributed by atoms with E-state index < -0.39 is 26.0 Å². The number of nitrogens with zero attached hydrogens (tertiary/aromatic N) is 4. The maximum absolute atomic E-state index is 13.5. The zero-order chi connectivity index (χ0) is 26.7. The first kappa shape index (κ1) is 26.0. The maximum Gasteiger partial charge on any atom is 0.257 e. The van der Waals surface area contributed by atoms with Crippen molar-refractivity contribution in [2.75, 3.05) is 18.4 Å². The molecule has 188 valence electrons. The van der Waals surface area contributed by atoms with E-state index in [-0.39, 0.29) is 39.8 Å². The number of aromatic nitrogens is 1. The molecule has 1 amide bonds. The predicted octanol–water partition coefficient (Wildman–Crippen LogP) is 4.03. The number of nitrogens with two attached hydrogens (primary N) is 1. The zero-order valence-electron chi connectivity index (χ0n) is 19.3. The number of pyridine rings is 1. The van der Waals surface area contributed by atoms with Gasteiger partial charge >= 0.3 is 0 Å². The lowest BCUT2D eigenvalue weighted by Crippen LogP contribution is -2.38. The number of sulfonamides is 1. The number of hydrogen-bond acceptors (Lipinski definition) is 7. The van der Waals surface area contributed by atoms with Gasteiger partial charge in [0.05, 0.1) is 34.1 Å².